The minimum absolute atomic E-state index is 0.450. The molecule has 0 saturated carbocycles. The maximum Gasteiger partial charge on any atom is 0.289 e. The van der Waals surface area contributed by atoms with Crippen molar-refractivity contribution in [2.45, 2.75) is 3.79 Å². The molecule has 0 radical (unpaired) electrons. The van der Waals surface area contributed by atoms with Crippen molar-refractivity contribution >= 4 is 62.3 Å². The fourth-order valence-electron chi connectivity index (χ4n) is 1.18. The molecule has 4 nitrogen and oxygen atoms in total. The van der Waals surface area contributed by atoms with E-state index in [1.54, 1.807) is 3.98 Å². The van der Waals surface area contributed by atoms with Gasteiger partial charge >= 0.3 is 0 Å². The molecule has 80 valence electrons. The molecule has 1 fully saturated rings. The van der Waals surface area contributed by atoms with E-state index in [1.807, 2.05) is 9.45 Å². The first-order valence-electron chi connectivity index (χ1n) is 3.92. The number of nitrogens with one attached hydrogen (secondary N) is 1. The number of hydrogen-bond acceptors (Lipinski definition) is 4. The number of amidine groups is 1. The summed E-state index contributed by atoms with van der Waals surface area (Å²) in [7, 11) is 0.450. The Morgan fingerprint density at radius 2 is 2.14 bits per heavy atom. The van der Waals surface area contributed by atoms with Gasteiger partial charge in [0.1, 0.15) is 13.1 Å². The van der Waals surface area contributed by atoms with Gasteiger partial charge in [0, 0.05) is 0 Å². The molecule has 9 heteroatoms. The summed E-state index contributed by atoms with van der Waals surface area (Å²) < 4.78 is 4.18. The minimum atomic E-state index is -1.43. The van der Waals surface area contributed by atoms with Gasteiger partial charge < -0.3 is 16.8 Å². The SMILES string of the molecule is [S-][N+]1=C(C(Cl)(Cl)Cl)N(PN2CN2)CC1. The van der Waals surface area contributed by atoms with Crippen molar-refractivity contribution in [2.75, 3.05) is 19.8 Å². The summed E-state index contributed by atoms with van der Waals surface area (Å²) in [5.74, 6) is 0.588. The summed E-state index contributed by atoms with van der Waals surface area (Å²) in [6.07, 6.45) is 0. The molecule has 0 bridgehead atoms. The molecule has 14 heavy (non-hydrogen) atoms. The van der Waals surface area contributed by atoms with Gasteiger partial charge in [-0.25, -0.2) is 10.1 Å². The topological polar surface area (TPSA) is 31.2 Å². The van der Waals surface area contributed by atoms with E-state index in [4.69, 9.17) is 47.6 Å². The monoisotopic (exact) mass is 292 g/mol. The fourth-order valence-corrected chi connectivity index (χ4v) is 3.63. The molecular weight excluding hydrogens is 285 g/mol. The first-order valence-corrected chi connectivity index (χ1v) is 6.31. The van der Waals surface area contributed by atoms with Crippen molar-refractivity contribution in [1.82, 2.24) is 14.9 Å². The smallest absolute Gasteiger partial charge is 0.289 e. The van der Waals surface area contributed by atoms with Gasteiger partial charge in [-0.05, 0) is 0 Å². The predicted octanol–water partition coefficient (Wildman–Crippen LogP) is 0.831. The maximum absolute atomic E-state index is 5.84. The van der Waals surface area contributed by atoms with Crippen LogP contribution >= 0.6 is 43.7 Å². The Hall–Kier alpha value is 0.910. The molecule has 2 unspecified atom stereocenters. The lowest BCUT2D eigenvalue weighted by Crippen LogP contribution is -2.34. The summed E-state index contributed by atoms with van der Waals surface area (Å²) in [6.45, 7) is 2.42. The molecule has 0 aromatic carbocycles. The Balaban J connectivity index is 2.11. The summed E-state index contributed by atoms with van der Waals surface area (Å²) in [4.78, 5) is 0. The van der Waals surface area contributed by atoms with E-state index in [2.05, 4.69) is 5.43 Å². The second-order valence-electron chi connectivity index (χ2n) is 2.92. The molecule has 2 aliphatic rings. The zero-order valence-electron chi connectivity index (χ0n) is 7.01. The second-order valence-corrected chi connectivity index (χ2v) is 6.92. The van der Waals surface area contributed by atoms with E-state index in [0.717, 1.165) is 19.8 Å². The highest BCUT2D eigenvalue weighted by Crippen LogP contribution is 2.37. The van der Waals surface area contributed by atoms with Gasteiger partial charge in [0.2, 0.25) is 0 Å². The number of alkyl halides is 3. The summed E-state index contributed by atoms with van der Waals surface area (Å²) in [5.41, 5.74) is 3.06. The highest BCUT2D eigenvalue weighted by Gasteiger charge is 2.44. The molecule has 1 saturated heterocycles. The largest absolute Gasteiger partial charge is 0.561 e. The molecule has 0 aromatic rings. The summed E-state index contributed by atoms with van der Waals surface area (Å²) in [6, 6.07) is 0. The Morgan fingerprint density at radius 1 is 1.50 bits per heavy atom. The Morgan fingerprint density at radius 3 is 2.64 bits per heavy atom. The highest BCUT2D eigenvalue weighted by atomic mass is 35.6. The van der Waals surface area contributed by atoms with Gasteiger partial charge in [0.25, 0.3) is 9.63 Å². The van der Waals surface area contributed by atoms with Crippen LogP contribution in [0.15, 0.2) is 0 Å². The molecule has 0 amide bonds. The number of halogens is 3. The van der Waals surface area contributed by atoms with E-state index < -0.39 is 3.79 Å². The van der Waals surface area contributed by atoms with Crippen LogP contribution in [0.2, 0.25) is 0 Å². The van der Waals surface area contributed by atoms with Crippen molar-refractivity contribution in [2.24, 2.45) is 0 Å². The van der Waals surface area contributed by atoms with Crippen LogP contribution in [0.5, 0.6) is 0 Å². The van der Waals surface area contributed by atoms with E-state index >= 15 is 0 Å². The average molecular weight is 294 g/mol. The Bertz CT molecular complexity index is 277. The number of hydrogen-bond donors (Lipinski definition) is 1. The quantitative estimate of drug-likeness (QED) is 0.269. The van der Waals surface area contributed by atoms with Crippen LogP contribution in [-0.4, -0.2) is 42.8 Å². The van der Waals surface area contributed by atoms with Gasteiger partial charge in [0.15, 0.2) is 8.88 Å². The number of nitrogens with zero attached hydrogens (tertiary/aromatic N) is 3. The first-order chi connectivity index (χ1) is 6.48. The second kappa shape index (κ2) is 4.06. The number of hydrazine groups is 1. The van der Waals surface area contributed by atoms with E-state index in [0.29, 0.717) is 14.7 Å². The van der Waals surface area contributed by atoms with Crippen molar-refractivity contribution < 1.29 is 3.98 Å². The van der Waals surface area contributed by atoms with Crippen LogP contribution < -0.4 is 5.43 Å². The molecule has 2 heterocycles. The van der Waals surface area contributed by atoms with Crippen LogP contribution in [0, 0.1) is 0 Å². The standard InChI is InChI=1S/C5H8Cl3N4PS/c6-5(7,8)4-10(1-2-11(4)14)13-12-3-9-12/h9,13H,1-3H2. The lowest BCUT2D eigenvalue weighted by Gasteiger charge is -2.19. The van der Waals surface area contributed by atoms with Crippen LogP contribution in [0.1, 0.15) is 0 Å². The third kappa shape index (κ3) is 2.53. The third-order valence-corrected chi connectivity index (χ3v) is 3.93. The molecule has 0 aliphatic carbocycles. The van der Waals surface area contributed by atoms with Crippen LogP contribution in [0.4, 0.5) is 0 Å². The van der Waals surface area contributed by atoms with Crippen LogP contribution in [-0.2, 0) is 12.8 Å². The van der Waals surface area contributed by atoms with Crippen LogP contribution in [0.3, 0.4) is 0 Å². The number of rotatable bonds is 2. The third-order valence-electron chi connectivity index (χ3n) is 1.83. The average Bonchev–Trinajstić information content (AvgIpc) is 2.74. The van der Waals surface area contributed by atoms with Crippen LogP contribution in [0.25, 0.3) is 0 Å². The molecule has 2 aliphatic heterocycles. The lowest BCUT2D eigenvalue weighted by molar-refractivity contribution is -0.333. The van der Waals surface area contributed by atoms with Crippen molar-refractivity contribution in [1.29, 1.82) is 0 Å². The van der Waals surface area contributed by atoms with E-state index in [1.165, 1.54) is 0 Å². The highest BCUT2D eigenvalue weighted by molar-refractivity contribution is 7.51. The van der Waals surface area contributed by atoms with E-state index in [-0.39, 0.29) is 0 Å². The van der Waals surface area contributed by atoms with Crippen molar-refractivity contribution in [3.63, 3.8) is 0 Å². The molecule has 2 rings (SSSR count). The minimum Gasteiger partial charge on any atom is -0.561 e. The van der Waals surface area contributed by atoms with Gasteiger partial charge in [-0.3, -0.25) is 0 Å². The van der Waals surface area contributed by atoms with Gasteiger partial charge in [-0.2, -0.15) is 4.78 Å². The lowest BCUT2D eigenvalue weighted by atomic mass is 10.6. The molecular formula is C5H8Cl3N4PS. The molecule has 2 atom stereocenters. The summed E-state index contributed by atoms with van der Waals surface area (Å²) in [5, 5.41) is 0. The van der Waals surface area contributed by atoms with Crippen molar-refractivity contribution in [3.8, 4) is 0 Å². The Kier molecular flexibility index (Phi) is 3.30. The zero-order valence-corrected chi connectivity index (χ0v) is 11.1. The van der Waals surface area contributed by atoms with E-state index in [9.17, 15) is 0 Å². The maximum atomic E-state index is 5.84. The summed E-state index contributed by atoms with van der Waals surface area (Å²) >= 11 is 22.6. The molecule has 0 spiro atoms. The normalized spacial score (nSPS) is 28.2. The molecule has 0 aromatic heterocycles. The zero-order chi connectivity index (χ0) is 10.3. The van der Waals surface area contributed by atoms with Gasteiger partial charge in [0.05, 0.1) is 6.67 Å². The van der Waals surface area contributed by atoms with Crippen molar-refractivity contribution in [3.05, 3.63) is 0 Å². The predicted molar refractivity (Wildman–Crippen MR) is 62.7 cm³/mol. The first kappa shape index (κ1) is 11.4. The fraction of sp³-hybridized carbons (Fsp3) is 0.800. The van der Waals surface area contributed by atoms with Gasteiger partial charge in [-0.1, -0.05) is 34.8 Å². The Labute approximate surface area is 105 Å². The van der Waals surface area contributed by atoms with Gasteiger partial charge in [-0.15, -0.1) is 0 Å². The molecule has 1 N–H and O–H groups in total.